The van der Waals surface area contributed by atoms with Crippen LogP contribution in [-0.4, -0.2) is 54.2 Å². The minimum atomic E-state index is -0.0880. The summed E-state index contributed by atoms with van der Waals surface area (Å²) in [5.74, 6) is 1.48. The van der Waals surface area contributed by atoms with E-state index >= 15 is 0 Å². The van der Waals surface area contributed by atoms with Crippen molar-refractivity contribution in [1.82, 2.24) is 10.2 Å². The number of amidine groups is 1. The highest BCUT2D eigenvalue weighted by Crippen LogP contribution is 2.38. The smallest absolute Gasteiger partial charge is 0.108 e. The molecule has 1 heterocycles. The molecule has 1 N–H and O–H groups in total. The average Bonchev–Trinajstić information content (AvgIpc) is 2.81. The Kier molecular flexibility index (Phi) is 7.49. The SMILES string of the molecule is CC(C)NCCN1CCN=C1C(C(=NC(C)(C)C)C(C)(C)C)C(C)(C)C. The lowest BCUT2D eigenvalue weighted by molar-refractivity contribution is 0.324. The summed E-state index contributed by atoms with van der Waals surface area (Å²) in [4.78, 5) is 12.7. The molecule has 1 aliphatic heterocycles. The van der Waals surface area contributed by atoms with Gasteiger partial charge in [-0.2, -0.15) is 0 Å². The molecule has 0 aromatic carbocycles. The minimum Gasteiger partial charge on any atom is -0.357 e. The fraction of sp³-hybridized carbons (Fsp3) is 0.909. The third-order valence-electron chi connectivity index (χ3n) is 4.52. The zero-order valence-electron chi connectivity index (χ0n) is 19.3. The molecule has 4 nitrogen and oxygen atoms in total. The van der Waals surface area contributed by atoms with E-state index in [1.807, 2.05) is 0 Å². The molecule has 1 aliphatic rings. The first-order valence-electron chi connectivity index (χ1n) is 10.3. The second-order valence-corrected chi connectivity index (χ2v) is 11.1. The summed E-state index contributed by atoms with van der Waals surface area (Å²) in [5, 5.41) is 3.54. The Labute approximate surface area is 162 Å². The molecule has 0 saturated carbocycles. The summed E-state index contributed by atoms with van der Waals surface area (Å²) in [6, 6.07) is 0.518. The van der Waals surface area contributed by atoms with Crippen LogP contribution in [-0.2, 0) is 0 Å². The van der Waals surface area contributed by atoms with Crippen LogP contribution in [0.1, 0.15) is 76.2 Å². The molecule has 1 unspecified atom stereocenters. The van der Waals surface area contributed by atoms with Crippen molar-refractivity contribution >= 4 is 11.5 Å². The number of hydrogen-bond donors (Lipinski definition) is 1. The van der Waals surface area contributed by atoms with Crippen molar-refractivity contribution < 1.29 is 0 Å². The summed E-state index contributed by atoms with van der Waals surface area (Å²) < 4.78 is 0. The largest absolute Gasteiger partial charge is 0.357 e. The summed E-state index contributed by atoms with van der Waals surface area (Å²) >= 11 is 0. The lowest BCUT2D eigenvalue weighted by atomic mass is 9.69. The zero-order valence-corrected chi connectivity index (χ0v) is 19.3. The van der Waals surface area contributed by atoms with Gasteiger partial charge < -0.3 is 10.2 Å². The normalized spacial score (nSPS) is 18.5. The maximum Gasteiger partial charge on any atom is 0.108 e. The van der Waals surface area contributed by atoms with Gasteiger partial charge in [-0.3, -0.25) is 9.98 Å². The molecule has 0 saturated heterocycles. The summed E-state index contributed by atoms with van der Waals surface area (Å²) in [6.45, 7) is 28.7. The number of hydrogen-bond acceptors (Lipinski definition) is 4. The highest BCUT2D eigenvalue weighted by atomic mass is 15.3. The van der Waals surface area contributed by atoms with Gasteiger partial charge in [0.05, 0.1) is 18.0 Å². The number of nitrogens with one attached hydrogen (secondary N) is 1. The second kappa shape index (κ2) is 8.41. The molecular formula is C22H44N4. The highest BCUT2D eigenvalue weighted by molar-refractivity contribution is 6.09. The van der Waals surface area contributed by atoms with Crippen LogP contribution in [0.15, 0.2) is 9.98 Å². The summed E-state index contributed by atoms with van der Waals surface area (Å²) in [6.07, 6.45) is 0. The third kappa shape index (κ3) is 7.02. The van der Waals surface area contributed by atoms with Crippen LogP contribution in [0.3, 0.4) is 0 Å². The van der Waals surface area contributed by atoms with E-state index in [4.69, 9.17) is 9.98 Å². The average molecular weight is 365 g/mol. The Hall–Kier alpha value is -0.900. The first-order chi connectivity index (χ1) is 11.6. The predicted molar refractivity (Wildman–Crippen MR) is 117 cm³/mol. The van der Waals surface area contributed by atoms with Gasteiger partial charge in [-0.05, 0) is 26.2 Å². The van der Waals surface area contributed by atoms with Gasteiger partial charge in [0.1, 0.15) is 5.84 Å². The summed E-state index contributed by atoms with van der Waals surface area (Å²) in [7, 11) is 0. The molecule has 0 bridgehead atoms. The first kappa shape index (κ1) is 23.1. The van der Waals surface area contributed by atoms with Gasteiger partial charge in [0.25, 0.3) is 0 Å². The zero-order chi connectivity index (χ0) is 20.3. The molecule has 0 amide bonds. The van der Waals surface area contributed by atoms with Crippen molar-refractivity contribution in [3.8, 4) is 0 Å². The van der Waals surface area contributed by atoms with Crippen molar-refractivity contribution in [1.29, 1.82) is 0 Å². The third-order valence-corrected chi connectivity index (χ3v) is 4.52. The maximum absolute atomic E-state index is 5.23. The number of nitrogens with zero attached hydrogens (tertiary/aromatic N) is 3. The quantitative estimate of drug-likeness (QED) is 0.697. The van der Waals surface area contributed by atoms with Gasteiger partial charge in [-0.25, -0.2) is 0 Å². The molecule has 0 aliphatic carbocycles. The Morgan fingerprint density at radius 2 is 1.65 bits per heavy atom. The van der Waals surface area contributed by atoms with Crippen LogP contribution in [0.25, 0.3) is 0 Å². The molecule has 152 valence electrons. The molecule has 0 radical (unpaired) electrons. The molecule has 1 atom stereocenters. The van der Waals surface area contributed by atoms with E-state index < -0.39 is 0 Å². The van der Waals surface area contributed by atoms with E-state index in [0.717, 1.165) is 26.2 Å². The van der Waals surface area contributed by atoms with Gasteiger partial charge >= 0.3 is 0 Å². The second-order valence-electron chi connectivity index (χ2n) is 11.1. The van der Waals surface area contributed by atoms with Crippen LogP contribution < -0.4 is 5.32 Å². The fourth-order valence-electron chi connectivity index (χ4n) is 3.43. The Morgan fingerprint density at radius 1 is 1.08 bits per heavy atom. The van der Waals surface area contributed by atoms with Gasteiger partial charge in [-0.1, -0.05) is 55.4 Å². The van der Waals surface area contributed by atoms with Crippen LogP contribution in [0.2, 0.25) is 0 Å². The van der Waals surface area contributed by atoms with Gasteiger partial charge in [0.15, 0.2) is 0 Å². The van der Waals surface area contributed by atoms with Crippen molar-refractivity contribution in [2.45, 2.75) is 87.7 Å². The molecule has 0 spiro atoms. The van der Waals surface area contributed by atoms with E-state index in [0.29, 0.717) is 6.04 Å². The Morgan fingerprint density at radius 3 is 2.08 bits per heavy atom. The lowest BCUT2D eigenvalue weighted by Gasteiger charge is -2.41. The monoisotopic (exact) mass is 364 g/mol. The molecule has 1 rings (SSSR count). The highest BCUT2D eigenvalue weighted by Gasteiger charge is 2.42. The first-order valence-corrected chi connectivity index (χ1v) is 10.3. The van der Waals surface area contributed by atoms with E-state index in [1.165, 1.54) is 11.5 Å². The van der Waals surface area contributed by atoms with Crippen LogP contribution in [0, 0.1) is 16.7 Å². The Bertz CT molecular complexity index is 510. The molecule has 4 heteroatoms. The van der Waals surface area contributed by atoms with Gasteiger partial charge in [0, 0.05) is 36.8 Å². The Balaban J connectivity index is 3.26. The van der Waals surface area contributed by atoms with E-state index in [-0.39, 0.29) is 22.3 Å². The van der Waals surface area contributed by atoms with Crippen LogP contribution in [0.4, 0.5) is 0 Å². The molecule has 26 heavy (non-hydrogen) atoms. The van der Waals surface area contributed by atoms with Crippen LogP contribution >= 0.6 is 0 Å². The van der Waals surface area contributed by atoms with Crippen molar-refractivity contribution in [3.63, 3.8) is 0 Å². The molecule has 0 fully saturated rings. The summed E-state index contributed by atoms with van der Waals surface area (Å²) in [5.41, 5.74) is 1.28. The van der Waals surface area contributed by atoms with Gasteiger partial charge in [0.2, 0.25) is 0 Å². The molecule has 0 aromatic heterocycles. The minimum absolute atomic E-state index is 0.0121. The predicted octanol–water partition coefficient (Wildman–Crippen LogP) is 4.65. The van der Waals surface area contributed by atoms with E-state index in [9.17, 15) is 0 Å². The molecule has 0 aromatic rings. The lowest BCUT2D eigenvalue weighted by Crippen LogP contribution is -2.49. The van der Waals surface area contributed by atoms with E-state index in [2.05, 4.69) is 86.4 Å². The fourth-order valence-corrected chi connectivity index (χ4v) is 3.43. The number of rotatable bonds is 6. The topological polar surface area (TPSA) is 40.0 Å². The van der Waals surface area contributed by atoms with Crippen LogP contribution in [0.5, 0.6) is 0 Å². The van der Waals surface area contributed by atoms with Crippen molar-refractivity contribution in [2.75, 3.05) is 26.2 Å². The van der Waals surface area contributed by atoms with Gasteiger partial charge in [-0.15, -0.1) is 0 Å². The molecular weight excluding hydrogens is 320 g/mol. The van der Waals surface area contributed by atoms with Crippen molar-refractivity contribution in [3.05, 3.63) is 0 Å². The standard InChI is InChI=1S/C22H44N4/c1-16(2)23-12-14-26-15-13-24-19(26)17(20(3,4)5)18(21(6,7)8)25-22(9,10)11/h16-17,23H,12-15H2,1-11H3. The maximum atomic E-state index is 5.23. The van der Waals surface area contributed by atoms with E-state index in [1.54, 1.807) is 0 Å². The number of aliphatic imine (C=N–C) groups is 2. The van der Waals surface area contributed by atoms with Crippen molar-refractivity contribution in [2.24, 2.45) is 26.7 Å².